The van der Waals surface area contributed by atoms with Crippen molar-refractivity contribution in [2.45, 2.75) is 0 Å². The summed E-state index contributed by atoms with van der Waals surface area (Å²) >= 11 is 0. The van der Waals surface area contributed by atoms with Gasteiger partial charge in [-0.05, 0) is 16.8 Å². The van der Waals surface area contributed by atoms with Crippen LogP contribution in [-0.4, -0.2) is 4.98 Å². The van der Waals surface area contributed by atoms with Gasteiger partial charge in [-0.25, -0.2) is 0 Å². The van der Waals surface area contributed by atoms with Crippen LogP contribution in [0.1, 0.15) is 0 Å². The third kappa shape index (κ3) is 1.85. The van der Waals surface area contributed by atoms with E-state index < -0.39 is 0 Å². The number of aromatic nitrogens is 1. The van der Waals surface area contributed by atoms with Crippen molar-refractivity contribution in [1.82, 2.24) is 4.98 Å². The Labute approximate surface area is 133 Å². The molecule has 0 fully saturated rings. The largest absolute Gasteiger partial charge is 0.456 e. The predicted octanol–water partition coefficient (Wildman–Crippen LogP) is 5.80. The van der Waals surface area contributed by atoms with Gasteiger partial charge in [0, 0.05) is 28.6 Å². The molecule has 0 saturated carbocycles. The van der Waals surface area contributed by atoms with Crippen LogP contribution in [0.2, 0.25) is 0 Å². The Balaban J connectivity index is 1.85. The van der Waals surface area contributed by atoms with Crippen molar-refractivity contribution in [2.24, 2.45) is 0 Å². The molecule has 0 atom stereocenters. The van der Waals surface area contributed by atoms with Crippen molar-refractivity contribution < 1.29 is 4.42 Å². The summed E-state index contributed by atoms with van der Waals surface area (Å²) < 4.78 is 6.08. The zero-order chi connectivity index (χ0) is 15.2. The fourth-order valence-electron chi connectivity index (χ4n) is 3.21. The Bertz CT molecular complexity index is 1160. The van der Waals surface area contributed by atoms with Crippen LogP contribution in [-0.2, 0) is 0 Å². The standard InChI is InChI=1S/C21H13NO/c1-2-7-15(8-3-1)18-12-20-17(13-22-18)21-16-9-5-4-6-14(16)10-11-19(21)23-20/h1-13H. The molecule has 0 amide bonds. The highest BCUT2D eigenvalue weighted by Crippen LogP contribution is 2.35. The maximum atomic E-state index is 6.08. The van der Waals surface area contributed by atoms with Crippen molar-refractivity contribution in [1.29, 1.82) is 0 Å². The lowest BCUT2D eigenvalue weighted by atomic mass is 10.0. The van der Waals surface area contributed by atoms with E-state index in [1.807, 2.05) is 36.5 Å². The molecule has 5 aromatic rings. The monoisotopic (exact) mass is 295 g/mol. The molecule has 5 rings (SSSR count). The van der Waals surface area contributed by atoms with Gasteiger partial charge in [-0.2, -0.15) is 0 Å². The van der Waals surface area contributed by atoms with Gasteiger partial charge in [-0.15, -0.1) is 0 Å². The number of furan rings is 1. The summed E-state index contributed by atoms with van der Waals surface area (Å²) in [5, 5.41) is 4.63. The molecule has 0 N–H and O–H groups in total. The molecule has 0 spiro atoms. The topological polar surface area (TPSA) is 26.0 Å². The molecular weight excluding hydrogens is 282 g/mol. The van der Waals surface area contributed by atoms with E-state index in [0.717, 1.165) is 33.2 Å². The van der Waals surface area contributed by atoms with Crippen LogP contribution in [0.25, 0.3) is 44.0 Å². The molecule has 3 aromatic carbocycles. The first-order valence-electron chi connectivity index (χ1n) is 7.65. The van der Waals surface area contributed by atoms with E-state index in [1.54, 1.807) is 0 Å². The molecule has 2 aromatic heterocycles. The maximum Gasteiger partial charge on any atom is 0.139 e. The van der Waals surface area contributed by atoms with Crippen molar-refractivity contribution in [3.05, 3.63) is 79.0 Å². The molecule has 2 nitrogen and oxygen atoms in total. The number of hydrogen-bond donors (Lipinski definition) is 0. The summed E-state index contributed by atoms with van der Waals surface area (Å²) in [7, 11) is 0. The highest BCUT2D eigenvalue weighted by Gasteiger charge is 2.11. The quantitative estimate of drug-likeness (QED) is 0.390. The Kier molecular flexibility index (Phi) is 2.53. The Morgan fingerprint density at radius 1 is 0.696 bits per heavy atom. The van der Waals surface area contributed by atoms with E-state index >= 15 is 0 Å². The van der Waals surface area contributed by atoms with E-state index in [0.29, 0.717) is 0 Å². The second kappa shape index (κ2) is 4.68. The average Bonchev–Trinajstić information content (AvgIpc) is 3.00. The molecule has 0 aliphatic carbocycles. The van der Waals surface area contributed by atoms with Crippen molar-refractivity contribution in [2.75, 3.05) is 0 Å². The third-order valence-corrected chi connectivity index (χ3v) is 4.32. The van der Waals surface area contributed by atoms with Crippen molar-refractivity contribution in [3.63, 3.8) is 0 Å². The van der Waals surface area contributed by atoms with Crippen LogP contribution >= 0.6 is 0 Å². The van der Waals surface area contributed by atoms with Gasteiger partial charge in [0.1, 0.15) is 11.2 Å². The predicted molar refractivity (Wildman–Crippen MR) is 94.5 cm³/mol. The number of rotatable bonds is 1. The summed E-state index contributed by atoms with van der Waals surface area (Å²) in [6.45, 7) is 0. The fourth-order valence-corrected chi connectivity index (χ4v) is 3.21. The Hall–Kier alpha value is -3.13. The lowest BCUT2D eigenvalue weighted by Gasteiger charge is -2.00. The lowest BCUT2D eigenvalue weighted by molar-refractivity contribution is 0.669. The molecule has 2 heteroatoms. The smallest absolute Gasteiger partial charge is 0.139 e. The summed E-state index contributed by atoms with van der Waals surface area (Å²) in [6, 6.07) is 24.7. The van der Waals surface area contributed by atoms with Gasteiger partial charge >= 0.3 is 0 Å². The van der Waals surface area contributed by atoms with Gasteiger partial charge in [0.05, 0.1) is 5.69 Å². The zero-order valence-electron chi connectivity index (χ0n) is 12.4. The normalized spacial score (nSPS) is 11.5. The number of fused-ring (bicyclic) bond motifs is 5. The fraction of sp³-hybridized carbons (Fsp3) is 0. The van der Waals surface area contributed by atoms with Crippen LogP contribution in [0.5, 0.6) is 0 Å². The summed E-state index contributed by atoms with van der Waals surface area (Å²) in [5.41, 5.74) is 3.82. The SMILES string of the molecule is c1ccc(-c2cc3oc4ccc5ccccc5c4c3cn2)cc1. The van der Waals surface area contributed by atoms with E-state index in [-0.39, 0.29) is 0 Å². The first-order valence-corrected chi connectivity index (χ1v) is 7.65. The molecule has 0 bridgehead atoms. The number of pyridine rings is 1. The van der Waals surface area contributed by atoms with Gasteiger partial charge in [-0.3, -0.25) is 4.98 Å². The summed E-state index contributed by atoms with van der Waals surface area (Å²) in [6.07, 6.45) is 1.93. The van der Waals surface area contributed by atoms with E-state index in [1.165, 1.54) is 10.8 Å². The molecule has 0 aliphatic heterocycles. The molecule has 0 radical (unpaired) electrons. The first kappa shape index (κ1) is 12.4. The van der Waals surface area contributed by atoms with Gasteiger partial charge in [0.2, 0.25) is 0 Å². The molecule has 23 heavy (non-hydrogen) atoms. The maximum absolute atomic E-state index is 6.08. The van der Waals surface area contributed by atoms with E-state index in [9.17, 15) is 0 Å². The highest BCUT2D eigenvalue weighted by atomic mass is 16.3. The Morgan fingerprint density at radius 3 is 2.43 bits per heavy atom. The summed E-state index contributed by atoms with van der Waals surface area (Å²) in [4.78, 5) is 4.65. The second-order valence-electron chi connectivity index (χ2n) is 5.69. The van der Waals surface area contributed by atoms with E-state index in [2.05, 4.69) is 47.4 Å². The number of nitrogens with zero attached hydrogens (tertiary/aromatic N) is 1. The minimum Gasteiger partial charge on any atom is -0.456 e. The first-order chi connectivity index (χ1) is 11.4. The van der Waals surface area contributed by atoms with E-state index in [4.69, 9.17) is 4.42 Å². The van der Waals surface area contributed by atoms with Crippen LogP contribution in [0, 0.1) is 0 Å². The number of hydrogen-bond acceptors (Lipinski definition) is 2. The average molecular weight is 295 g/mol. The molecule has 0 aliphatic rings. The minimum absolute atomic E-state index is 0.880. The lowest BCUT2D eigenvalue weighted by Crippen LogP contribution is -1.82. The third-order valence-electron chi connectivity index (χ3n) is 4.32. The second-order valence-corrected chi connectivity index (χ2v) is 5.69. The molecule has 2 heterocycles. The summed E-state index contributed by atoms with van der Waals surface area (Å²) in [5.74, 6) is 0. The van der Waals surface area contributed by atoms with Gasteiger partial charge < -0.3 is 4.42 Å². The van der Waals surface area contributed by atoms with Crippen LogP contribution in [0.15, 0.2) is 83.4 Å². The van der Waals surface area contributed by atoms with Gasteiger partial charge in [-0.1, -0.05) is 60.7 Å². The molecular formula is C21H13NO. The Morgan fingerprint density at radius 2 is 1.52 bits per heavy atom. The van der Waals surface area contributed by atoms with Gasteiger partial charge in [0.15, 0.2) is 0 Å². The van der Waals surface area contributed by atoms with Crippen molar-refractivity contribution in [3.8, 4) is 11.3 Å². The van der Waals surface area contributed by atoms with Crippen LogP contribution in [0.4, 0.5) is 0 Å². The van der Waals surface area contributed by atoms with Crippen LogP contribution in [0.3, 0.4) is 0 Å². The van der Waals surface area contributed by atoms with Crippen LogP contribution < -0.4 is 0 Å². The van der Waals surface area contributed by atoms with Crippen molar-refractivity contribution >= 4 is 32.7 Å². The molecule has 108 valence electrons. The minimum atomic E-state index is 0.880. The number of benzene rings is 3. The highest BCUT2D eigenvalue weighted by molar-refractivity contribution is 6.18. The zero-order valence-corrected chi connectivity index (χ0v) is 12.4. The molecule has 0 saturated heterocycles. The van der Waals surface area contributed by atoms with Gasteiger partial charge in [0.25, 0.3) is 0 Å². The molecule has 0 unspecified atom stereocenters.